The summed E-state index contributed by atoms with van der Waals surface area (Å²) in [4.78, 5) is 0. The smallest absolute Gasteiger partial charge is 0.132 e. The van der Waals surface area contributed by atoms with Gasteiger partial charge in [0, 0.05) is 23.7 Å². The lowest BCUT2D eigenvalue weighted by molar-refractivity contribution is 0.295. The number of hydrogen-bond acceptors (Lipinski definition) is 3. The summed E-state index contributed by atoms with van der Waals surface area (Å²) in [6, 6.07) is 8.84. The molecule has 21 heavy (non-hydrogen) atoms. The number of rotatable bonds is 6. The van der Waals surface area contributed by atoms with Crippen molar-refractivity contribution in [3.8, 4) is 11.5 Å². The van der Waals surface area contributed by atoms with Crippen LogP contribution >= 0.6 is 0 Å². The maximum atomic E-state index is 13.6. The first-order chi connectivity index (χ1) is 10.1. The minimum atomic E-state index is -0.612. The zero-order chi connectivity index (χ0) is 15.2. The highest BCUT2D eigenvalue weighted by Crippen LogP contribution is 2.25. The fourth-order valence-electron chi connectivity index (χ4n) is 1.95. The van der Waals surface area contributed by atoms with Gasteiger partial charge in [-0.25, -0.2) is 8.78 Å². The normalized spacial score (nSPS) is 10.5. The van der Waals surface area contributed by atoms with Gasteiger partial charge in [0.2, 0.25) is 0 Å². The largest absolute Gasteiger partial charge is 0.497 e. The molecular weight excluding hydrogens is 276 g/mol. The number of methoxy groups -OCH3 is 1. The molecule has 0 aliphatic heterocycles. The molecule has 0 aromatic heterocycles. The average Bonchev–Trinajstić information content (AvgIpc) is 2.47. The lowest BCUT2D eigenvalue weighted by atomic mass is 10.2. The molecule has 0 atom stereocenters. The van der Waals surface area contributed by atoms with Crippen molar-refractivity contribution >= 4 is 0 Å². The van der Waals surface area contributed by atoms with Gasteiger partial charge >= 0.3 is 0 Å². The van der Waals surface area contributed by atoms with E-state index in [0.717, 1.165) is 17.4 Å². The molecule has 0 aliphatic rings. The van der Waals surface area contributed by atoms with Crippen molar-refractivity contribution in [2.24, 2.45) is 0 Å². The third kappa shape index (κ3) is 3.92. The Morgan fingerprint density at radius 1 is 1.05 bits per heavy atom. The summed E-state index contributed by atoms with van der Waals surface area (Å²) in [5.74, 6) is 0.143. The highest BCUT2D eigenvalue weighted by Gasteiger charge is 2.08. The van der Waals surface area contributed by atoms with Gasteiger partial charge in [0.05, 0.1) is 7.11 Å². The quantitative estimate of drug-likeness (QED) is 0.886. The second kappa shape index (κ2) is 7.04. The van der Waals surface area contributed by atoms with Gasteiger partial charge in [-0.3, -0.25) is 0 Å². The lowest BCUT2D eigenvalue weighted by Gasteiger charge is -2.13. The molecule has 0 spiro atoms. The molecule has 0 radical (unpaired) electrons. The Bertz CT molecular complexity index is 617. The van der Waals surface area contributed by atoms with E-state index in [0.29, 0.717) is 17.9 Å². The first kappa shape index (κ1) is 15.3. The first-order valence-electron chi connectivity index (χ1n) is 6.52. The zero-order valence-electron chi connectivity index (χ0n) is 12.0. The highest BCUT2D eigenvalue weighted by molar-refractivity contribution is 5.40. The molecular formula is C16H17F2NO2. The first-order valence-corrected chi connectivity index (χ1v) is 6.52. The molecule has 0 amide bonds. The van der Waals surface area contributed by atoms with E-state index in [2.05, 4.69) is 5.32 Å². The second-order valence-corrected chi connectivity index (χ2v) is 4.53. The molecule has 112 valence electrons. The van der Waals surface area contributed by atoms with Gasteiger partial charge in [-0.15, -0.1) is 0 Å². The summed E-state index contributed by atoms with van der Waals surface area (Å²) in [7, 11) is 3.41. The van der Waals surface area contributed by atoms with E-state index in [1.165, 1.54) is 12.1 Å². The summed E-state index contributed by atoms with van der Waals surface area (Å²) in [5, 5.41) is 3.03. The van der Waals surface area contributed by atoms with Crippen molar-refractivity contribution in [3.05, 3.63) is 59.2 Å². The number of nitrogens with one attached hydrogen (secondary N) is 1. The van der Waals surface area contributed by atoms with Gasteiger partial charge in [0.25, 0.3) is 0 Å². The van der Waals surface area contributed by atoms with Gasteiger partial charge in [0.15, 0.2) is 0 Å². The van der Waals surface area contributed by atoms with Crippen LogP contribution in [0.25, 0.3) is 0 Å². The van der Waals surface area contributed by atoms with E-state index in [1.54, 1.807) is 19.2 Å². The molecule has 3 nitrogen and oxygen atoms in total. The monoisotopic (exact) mass is 293 g/mol. The van der Waals surface area contributed by atoms with E-state index in [1.807, 2.05) is 13.1 Å². The van der Waals surface area contributed by atoms with E-state index in [9.17, 15) is 8.78 Å². The number of halogens is 2. The van der Waals surface area contributed by atoms with E-state index in [4.69, 9.17) is 9.47 Å². The minimum absolute atomic E-state index is 0.0369. The Labute approximate surface area is 122 Å². The van der Waals surface area contributed by atoms with Crippen molar-refractivity contribution < 1.29 is 18.3 Å². The summed E-state index contributed by atoms with van der Waals surface area (Å²) in [5.41, 5.74) is 1.21. The van der Waals surface area contributed by atoms with Gasteiger partial charge in [-0.05, 0) is 37.4 Å². The van der Waals surface area contributed by atoms with Crippen LogP contribution < -0.4 is 14.8 Å². The van der Waals surface area contributed by atoms with Gasteiger partial charge in [-0.1, -0.05) is 0 Å². The Morgan fingerprint density at radius 3 is 2.52 bits per heavy atom. The maximum Gasteiger partial charge on any atom is 0.132 e. The third-order valence-corrected chi connectivity index (χ3v) is 3.03. The Kier molecular flexibility index (Phi) is 5.11. The van der Waals surface area contributed by atoms with Gasteiger partial charge in [-0.2, -0.15) is 0 Å². The fraction of sp³-hybridized carbons (Fsp3) is 0.250. The van der Waals surface area contributed by atoms with Crippen LogP contribution in [0.2, 0.25) is 0 Å². The van der Waals surface area contributed by atoms with Crippen LogP contribution in [0.5, 0.6) is 11.5 Å². The van der Waals surface area contributed by atoms with Crippen molar-refractivity contribution in [2.45, 2.75) is 13.2 Å². The number of ether oxygens (including phenoxy) is 2. The SMILES string of the molecule is CNCc1cc(OC)ccc1OCc1ccc(F)cc1F. The fourth-order valence-corrected chi connectivity index (χ4v) is 1.95. The average molecular weight is 293 g/mol. The molecule has 2 aromatic carbocycles. The van der Waals surface area contributed by atoms with Crippen molar-refractivity contribution in [3.63, 3.8) is 0 Å². The molecule has 2 rings (SSSR count). The Morgan fingerprint density at radius 2 is 1.86 bits per heavy atom. The zero-order valence-corrected chi connectivity index (χ0v) is 12.0. The van der Waals surface area contributed by atoms with E-state index in [-0.39, 0.29) is 6.61 Å². The summed E-state index contributed by atoms with van der Waals surface area (Å²) in [6.07, 6.45) is 0. The minimum Gasteiger partial charge on any atom is -0.497 e. The molecule has 0 heterocycles. The predicted molar refractivity (Wildman–Crippen MR) is 76.4 cm³/mol. The molecule has 0 aliphatic carbocycles. The molecule has 0 fully saturated rings. The molecule has 0 bridgehead atoms. The molecule has 0 saturated heterocycles. The van der Waals surface area contributed by atoms with Crippen LogP contribution in [0.1, 0.15) is 11.1 Å². The van der Waals surface area contributed by atoms with Crippen LogP contribution in [-0.2, 0) is 13.2 Å². The van der Waals surface area contributed by atoms with Crippen molar-refractivity contribution in [2.75, 3.05) is 14.2 Å². The molecule has 1 N–H and O–H groups in total. The van der Waals surface area contributed by atoms with Crippen LogP contribution in [-0.4, -0.2) is 14.2 Å². The Balaban J connectivity index is 2.15. The molecule has 0 saturated carbocycles. The van der Waals surface area contributed by atoms with Crippen LogP contribution in [0, 0.1) is 11.6 Å². The standard InChI is InChI=1S/C16H17F2NO2/c1-19-9-12-7-14(20-2)5-6-16(12)21-10-11-3-4-13(17)8-15(11)18/h3-8,19H,9-10H2,1-2H3. The molecule has 5 heteroatoms. The number of hydrogen-bond donors (Lipinski definition) is 1. The van der Waals surface area contributed by atoms with Gasteiger partial charge in [0.1, 0.15) is 29.7 Å². The van der Waals surface area contributed by atoms with Crippen molar-refractivity contribution in [1.29, 1.82) is 0 Å². The molecule has 2 aromatic rings. The van der Waals surface area contributed by atoms with Crippen LogP contribution in [0.4, 0.5) is 8.78 Å². The van der Waals surface area contributed by atoms with Crippen LogP contribution in [0.3, 0.4) is 0 Å². The van der Waals surface area contributed by atoms with E-state index >= 15 is 0 Å². The highest BCUT2D eigenvalue weighted by atomic mass is 19.1. The topological polar surface area (TPSA) is 30.5 Å². The Hall–Kier alpha value is -2.14. The second-order valence-electron chi connectivity index (χ2n) is 4.53. The summed E-state index contributed by atoms with van der Waals surface area (Å²) >= 11 is 0. The van der Waals surface area contributed by atoms with E-state index < -0.39 is 11.6 Å². The summed E-state index contributed by atoms with van der Waals surface area (Å²) < 4.78 is 37.2. The predicted octanol–water partition coefficient (Wildman–Crippen LogP) is 3.27. The summed E-state index contributed by atoms with van der Waals surface area (Å²) in [6.45, 7) is 0.633. The maximum absolute atomic E-state index is 13.6. The lowest BCUT2D eigenvalue weighted by Crippen LogP contribution is -2.08. The van der Waals surface area contributed by atoms with Crippen LogP contribution in [0.15, 0.2) is 36.4 Å². The molecule has 0 unspecified atom stereocenters. The number of benzene rings is 2. The third-order valence-electron chi connectivity index (χ3n) is 3.03. The van der Waals surface area contributed by atoms with Crippen molar-refractivity contribution in [1.82, 2.24) is 5.32 Å². The van der Waals surface area contributed by atoms with Gasteiger partial charge < -0.3 is 14.8 Å².